The molecule has 0 radical (unpaired) electrons. The summed E-state index contributed by atoms with van der Waals surface area (Å²) in [5, 5.41) is 3.30. The zero-order valence-electron chi connectivity index (χ0n) is 11.9. The Labute approximate surface area is 119 Å². The van der Waals surface area contributed by atoms with Crippen LogP contribution in [0.25, 0.3) is 0 Å². The minimum atomic E-state index is -0.158. The van der Waals surface area contributed by atoms with Gasteiger partial charge in [0.1, 0.15) is 0 Å². The molecule has 1 N–H and O–H groups in total. The molecule has 1 heterocycles. The number of nitrogens with zero attached hydrogens (tertiary/aromatic N) is 1. The van der Waals surface area contributed by atoms with Crippen LogP contribution in [0.3, 0.4) is 0 Å². The Morgan fingerprint density at radius 1 is 1.30 bits per heavy atom. The normalized spacial score (nSPS) is 14.9. The van der Waals surface area contributed by atoms with Crippen LogP contribution in [0.2, 0.25) is 0 Å². The lowest BCUT2D eigenvalue weighted by Gasteiger charge is -2.28. The molecule has 1 aliphatic heterocycles. The first-order valence-electron chi connectivity index (χ1n) is 7.03. The second-order valence-electron chi connectivity index (χ2n) is 4.75. The molecule has 1 aromatic carbocycles. The Morgan fingerprint density at radius 2 is 2.00 bits per heavy atom. The number of carbonyl (C=O) groups excluding carboxylic acids is 1. The summed E-state index contributed by atoms with van der Waals surface area (Å²) in [6, 6.07) is 8.38. The topological polar surface area (TPSA) is 50.8 Å². The van der Waals surface area contributed by atoms with E-state index < -0.39 is 0 Å². The first-order chi connectivity index (χ1) is 9.79. The molecule has 0 atom stereocenters. The van der Waals surface area contributed by atoms with E-state index in [2.05, 4.69) is 39.2 Å². The van der Waals surface area contributed by atoms with Crippen LogP contribution in [-0.2, 0) is 14.3 Å². The van der Waals surface area contributed by atoms with Gasteiger partial charge in [-0.3, -0.25) is 4.79 Å². The lowest BCUT2D eigenvalue weighted by atomic mass is 10.2. The molecule has 0 unspecified atom stereocenters. The van der Waals surface area contributed by atoms with Crippen molar-refractivity contribution in [1.82, 2.24) is 0 Å². The van der Waals surface area contributed by atoms with Crippen molar-refractivity contribution in [2.75, 3.05) is 50.2 Å². The highest BCUT2D eigenvalue weighted by Gasteiger charge is 2.10. The van der Waals surface area contributed by atoms with Gasteiger partial charge in [-0.1, -0.05) is 0 Å². The minimum Gasteiger partial charge on any atom is -0.469 e. The van der Waals surface area contributed by atoms with Gasteiger partial charge in [0.25, 0.3) is 0 Å². The predicted octanol–water partition coefficient (Wildman–Crippen LogP) is 1.89. The monoisotopic (exact) mass is 278 g/mol. The van der Waals surface area contributed by atoms with Crippen molar-refractivity contribution in [1.29, 1.82) is 0 Å². The highest BCUT2D eigenvalue weighted by atomic mass is 16.5. The smallest absolute Gasteiger partial charge is 0.305 e. The lowest BCUT2D eigenvalue weighted by Crippen LogP contribution is -2.36. The van der Waals surface area contributed by atoms with Crippen LogP contribution in [0.1, 0.15) is 12.8 Å². The summed E-state index contributed by atoms with van der Waals surface area (Å²) in [4.78, 5) is 13.3. The lowest BCUT2D eigenvalue weighted by molar-refractivity contribution is -0.140. The largest absolute Gasteiger partial charge is 0.469 e. The second-order valence-corrected chi connectivity index (χ2v) is 4.75. The number of methoxy groups -OCH3 is 1. The van der Waals surface area contributed by atoms with E-state index >= 15 is 0 Å². The van der Waals surface area contributed by atoms with Crippen LogP contribution in [0.4, 0.5) is 11.4 Å². The number of morpholine rings is 1. The maximum Gasteiger partial charge on any atom is 0.305 e. The molecule has 0 aromatic heterocycles. The Kier molecular flexibility index (Phi) is 5.68. The first-order valence-corrected chi connectivity index (χ1v) is 7.03. The van der Waals surface area contributed by atoms with Gasteiger partial charge in [-0.05, 0) is 30.7 Å². The summed E-state index contributed by atoms with van der Waals surface area (Å²) < 4.78 is 9.95. The predicted molar refractivity (Wildman–Crippen MR) is 79.2 cm³/mol. The quantitative estimate of drug-likeness (QED) is 0.636. The first kappa shape index (κ1) is 14.7. The summed E-state index contributed by atoms with van der Waals surface area (Å²) in [5.41, 5.74) is 2.31. The van der Waals surface area contributed by atoms with Crippen molar-refractivity contribution in [3.8, 4) is 0 Å². The maximum atomic E-state index is 11.0. The highest BCUT2D eigenvalue weighted by molar-refractivity contribution is 5.69. The van der Waals surface area contributed by atoms with E-state index in [9.17, 15) is 4.79 Å². The third-order valence-corrected chi connectivity index (χ3v) is 3.36. The number of esters is 1. The summed E-state index contributed by atoms with van der Waals surface area (Å²) in [6.45, 7) is 4.27. The van der Waals surface area contributed by atoms with Crippen molar-refractivity contribution < 1.29 is 14.3 Å². The molecule has 1 fully saturated rings. The molecule has 1 aromatic rings. The van der Waals surface area contributed by atoms with Gasteiger partial charge in [-0.2, -0.15) is 0 Å². The molecule has 1 saturated heterocycles. The fourth-order valence-corrected chi connectivity index (χ4v) is 2.18. The van der Waals surface area contributed by atoms with E-state index in [-0.39, 0.29) is 5.97 Å². The molecule has 5 nitrogen and oxygen atoms in total. The summed E-state index contributed by atoms with van der Waals surface area (Å²) in [6.07, 6.45) is 1.23. The van der Waals surface area contributed by atoms with Crippen molar-refractivity contribution in [3.63, 3.8) is 0 Å². The average molecular weight is 278 g/mol. The van der Waals surface area contributed by atoms with Gasteiger partial charge in [-0.15, -0.1) is 0 Å². The number of rotatable bonds is 6. The summed E-state index contributed by atoms with van der Waals surface area (Å²) >= 11 is 0. The van der Waals surface area contributed by atoms with E-state index in [0.29, 0.717) is 6.42 Å². The van der Waals surface area contributed by atoms with Crippen LogP contribution < -0.4 is 10.2 Å². The van der Waals surface area contributed by atoms with Gasteiger partial charge in [0.2, 0.25) is 0 Å². The average Bonchev–Trinajstić information content (AvgIpc) is 2.52. The van der Waals surface area contributed by atoms with Gasteiger partial charge in [-0.25, -0.2) is 0 Å². The molecule has 20 heavy (non-hydrogen) atoms. The molecular weight excluding hydrogens is 256 g/mol. The fourth-order valence-electron chi connectivity index (χ4n) is 2.18. The van der Waals surface area contributed by atoms with Crippen LogP contribution in [0.5, 0.6) is 0 Å². The SMILES string of the molecule is COC(=O)CCCNc1ccc(N2CCOCC2)cc1. The molecule has 0 bridgehead atoms. The summed E-state index contributed by atoms with van der Waals surface area (Å²) in [5.74, 6) is -0.158. The van der Waals surface area contributed by atoms with Gasteiger partial charge < -0.3 is 19.7 Å². The van der Waals surface area contributed by atoms with Gasteiger partial charge in [0, 0.05) is 37.4 Å². The molecule has 0 amide bonds. The molecule has 110 valence electrons. The number of carbonyl (C=O) groups is 1. The molecule has 0 saturated carbocycles. The van der Waals surface area contributed by atoms with E-state index in [1.807, 2.05) is 0 Å². The van der Waals surface area contributed by atoms with Crippen LogP contribution in [-0.4, -0.2) is 45.9 Å². The number of anilines is 2. The minimum absolute atomic E-state index is 0.158. The van der Waals surface area contributed by atoms with Gasteiger partial charge in [0.15, 0.2) is 0 Å². The van der Waals surface area contributed by atoms with E-state index in [0.717, 1.165) is 45.0 Å². The zero-order chi connectivity index (χ0) is 14.2. The van der Waals surface area contributed by atoms with E-state index in [1.165, 1.54) is 12.8 Å². The number of hydrogen-bond donors (Lipinski definition) is 1. The highest BCUT2D eigenvalue weighted by Crippen LogP contribution is 2.18. The molecule has 2 rings (SSSR count). The standard InChI is InChI=1S/C15H22N2O3/c1-19-15(18)3-2-8-16-13-4-6-14(7-5-13)17-9-11-20-12-10-17/h4-7,16H,2-3,8-12H2,1H3. The van der Waals surface area contributed by atoms with Crippen LogP contribution in [0.15, 0.2) is 24.3 Å². The third-order valence-electron chi connectivity index (χ3n) is 3.36. The molecule has 0 aliphatic carbocycles. The molecule has 0 spiro atoms. The molecule has 5 heteroatoms. The number of hydrogen-bond acceptors (Lipinski definition) is 5. The number of nitrogens with one attached hydrogen (secondary N) is 1. The second kappa shape index (κ2) is 7.75. The number of ether oxygens (including phenoxy) is 2. The van der Waals surface area contributed by atoms with E-state index in [4.69, 9.17) is 4.74 Å². The summed E-state index contributed by atoms with van der Waals surface area (Å²) in [7, 11) is 1.42. The Bertz CT molecular complexity index is 414. The number of benzene rings is 1. The Balaban J connectivity index is 1.75. The fraction of sp³-hybridized carbons (Fsp3) is 0.533. The van der Waals surface area contributed by atoms with Crippen LogP contribution >= 0.6 is 0 Å². The van der Waals surface area contributed by atoms with Crippen molar-refractivity contribution in [2.24, 2.45) is 0 Å². The Hall–Kier alpha value is -1.75. The van der Waals surface area contributed by atoms with Gasteiger partial charge in [0.05, 0.1) is 20.3 Å². The zero-order valence-corrected chi connectivity index (χ0v) is 11.9. The maximum absolute atomic E-state index is 11.0. The van der Waals surface area contributed by atoms with Crippen LogP contribution in [0, 0.1) is 0 Å². The molecular formula is C15H22N2O3. The van der Waals surface area contributed by atoms with Gasteiger partial charge >= 0.3 is 5.97 Å². The van der Waals surface area contributed by atoms with Crippen molar-refractivity contribution in [3.05, 3.63) is 24.3 Å². The third kappa shape index (κ3) is 4.42. The Morgan fingerprint density at radius 3 is 2.65 bits per heavy atom. The van der Waals surface area contributed by atoms with Crippen molar-refractivity contribution in [2.45, 2.75) is 12.8 Å². The van der Waals surface area contributed by atoms with Crippen molar-refractivity contribution >= 4 is 17.3 Å². The van der Waals surface area contributed by atoms with E-state index in [1.54, 1.807) is 0 Å². The molecule has 1 aliphatic rings.